The van der Waals surface area contributed by atoms with Crippen LogP contribution in [0.1, 0.15) is 42.7 Å². The number of benzene rings is 1. The van der Waals surface area contributed by atoms with E-state index in [1.807, 2.05) is 0 Å². The predicted octanol–water partition coefficient (Wildman–Crippen LogP) is 5.36. The Labute approximate surface area is 120 Å². The highest BCUT2D eigenvalue weighted by atomic mass is 19.4. The topological polar surface area (TPSA) is 23.8 Å². The van der Waals surface area contributed by atoms with Crippen LogP contribution in [0.5, 0.6) is 0 Å². The number of hydrogen-bond acceptors (Lipinski definition) is 1. The first-order chi connectivity index (χ1) is 9.90. The standard InChI is InChI=1S/C16H15F4N/c17-15(10-21)9-11-1-3-12(4-2-11)13-5-7-14(8-6-13)16(18,19)20/h5-9,11-12H,1-4H2/t11-,12-. The molecule has 0 unspecified atom stereocenters. The molecular formula is C16H15F4N. The van der Waals surface area contributed by atoms with E-state index >= 15 is 0 Å². The van der Waals surface area contributed by atoms with E-state index in [-0.39, 0.29) is 11.8 Å². The summed E-state index contributed by atoms with van der Waals surface area (Å²) in [5, 5.41) is 8.40. The van der Waals surface area contributed by atoms with E-state index in [0.29, 0.717) is 0 Å². The van der Waals surface area contributed by atoms with Crippen LogP contribution in [0.2, 0.25) is 0 Å². The van der Waals surface area contributed by atoms with Crippen LogP contribution in [0.3, 0.4) is 0 Å². The van der Waals surface area contributed by atoms with Gasteiger partial charge in [-0.1, -0.05) is 12.1 Å². The second kappa shape index (κ2) is 6.30. The molecule has 0 aliphatic heterocycles. The molecule has 1 fully saturated rings. The maximum Gasteiger partial charge on any atom is 0.416 e. The minimum atomic E-state index is -4.31. The summed E-state index contributed by atoms with van der Waals surface area (Å²) in [7, 11) is 0. The molecule has 1 nitrogen and oxygen atoms in total. The highest BCUT2D eigenvalue weighted by Crippen LogP contribution is 2.38. The third-order valence-corrected chi connectivity index (χ3v) is 3.97. The Kier molecular flexibility index (Phi) is 4.66. The van der Waals surface area contributed by atoms with Crippen molar-refractivity contribution in [3.05, 3.63) is 47.3 Å². The van der Waals surface area contributed by atoms with Gasteiger partial charge in [0.25, 0.3) is 0 Å². The molecule has 1 aliphatic carbocycles. The Balaban J connectivity index is 1.98. The molecule has 0 heterocycles. The number of nitriles is 1. The van der Waals surface area contributed by atoms with Gasteiger partial charge in [-0.15, -0.1) is 0 Å². The third kappa shape index (κ3) is 4.07. The molecule has 0 atom stereocenters. The lowest BCUT2D eigenvalue weighted by atomic mass is 9.78. The first-order valence-electron chi connectivity index (χ1n) is 6.84. The summed E-state index contributed by atoms with van der Waals surface area (Å²) in [4.78, 5) is 0. The van der Waals surface area contributed by atoms with Gasteiger partial charge in [0.15, 0.2) is 5.83 Å². The largest absolute Gasteiger partial charge is 0.416 e. The molecule has 0 aromatic heterocycles. The van der Waals surface area contributed by atoms with Crippen molar-refractivity contribution in [2.24, 2.45) is 5.92 Å². The normalized spacial score (nSPS) is 23.7. The molecule has 0 spiro atoms. The van der Waals surface area contributed by atoms with Gasteiger partial charge in [-0.25, -0.2) is 0 Å². The fourth-order valence-electron chi connectivity index (χ4n) is 2.81. The van der Waals surface area contributed by atoms with Crippen LogP contribution >= 0.6 is 0 Å². The first kappa shape index (κ1) is 15.6. The van der Waals surface area contributed by atoms with Crippen molar-refractivity contribution in [1.82, 2.24) is 0 Å². The Morgan fingerprint density at radius 2 is 1.67 bits per heavy atom. The highest BCUT2D eigenvalue weighted by Gasteiger charge is 2.30. The van der Waals surface area contributed by atoms with Crippen molar-refractivity contribution in [2.75, 3.05) is 0 Å². The lowest BCUT2D eigenvalue weighted by Crippen LogP contribution is -2.12. The zero-order valence-electron chi connectivity index (χ0n) is 11.3. The van der Waals surface area contributed by atoms with Gasteiger partial charge < -0.3 is 0 Å². The molecule has 0 radical (unpaired) electrons. The number of rotatable bonds is 2. The number of allylic oxidation sites excluding steroid dienone is 2. The van der Waals surface area contributed by atoms with E-state index in [1.165, 1.54) is 24.3 Å². The fraction of sp³-hybridized carbons (Fsp3) is 0.438. The molecule has 0 amide bonds. The van der Waals surface area contributed by atoms with Gasteiger partial charge in [0, 0.05) is 0 Å². The van der Waals surface area contributed by atoms with Crippen molar-refractivity contribution in [2.45, 2.75) is 37.8 Å². The number of hydrogen-bond donors (Lipinski definition) is 0. The summed E-state index contributed by atoms with van der Waals surface area (Å²) in [6.07, 6.45) is 0.136. The molecule has 1 aromatic carbocycles. The van der Waals surface area contributed by atoms with Crippen LogP contribution in [-0.2, 0) is 6.18 Å². The summed E-state index contributed by atoms with van der Waals surface area (Å²) in [6.45, 7) is 0. The van der Waals surface area contributed by atoms with E-state index in [2.05, 4.69) is 0 Å². The quantitative estimate of drug-likeness (QED) is 0.533. The second-order valence-corrected chi connectivity index (χ2v) is 5.36. The average molecular weight is 297 g/mol. The minimum absolute atomic E-state index is 0.0512. The van der Waals surface area contributed by atoms with Gasteiger partial charge in [-0.3, -0.25) is 0 Å². The van der Waals surface area contributed by atoms with Gasteiger partial charge in [0.1, 0.15) is 6.07 Å². The van der Waals surface area contributed by atoms with Crippen molar-refractivity contribution < 1.29 is 17.6 Å². The number of nitrogens with zero attached hydrogens (tertiary/aromatic N) is 1. The number of alkyl halides is 3. The minimum Gasteiger partial charge on any atom is -0.195 e. The van der Waals surface area contributed by atoms with Gasteiger partial charge in [-0.05, 0) is 61.3 Å². The van der Waals surface area contributed by atoms with Crippen LogP contribution in [0.4, 0.5) is 17.6 Å². The fourth-order valence-corrected chi connectivity index (χ4v) is 2.81. The third-order valence-electron chi connectivity index (χ3n) is 3.97. The SMILES string of the molecule is N#CC(F)=C[C@H]1CC[C@H](c2ccc(C(F)(F)F)cc2)CC1. The Hall–Kier alpha value is -1.83. The lowest BCUT2D eigenvalue weighted by Gasteiger charge is -2.27. The molecule has 21 heavy (non-hydrogen) atoms. The molecule has 1 aromatic rings. The Morgan fingerprint density at radius 1 is 1.10 bits per heavy atom. The van der Waals surface area contributed by atoms with Crippen LogP contribution in [0, 0.1) is 17.2 Å². The van der Waals surface area contributed by atoms with Crippen molar-refractivity contribution in [1.29, 1.82) is 5.26 Å². The second-order valence-electron chi connectivity index (χ2n) is 5.36. The van der Waals surface area contributed by atoms with E-state index in [1.54, 1.807) is 0 Å². The van der Waals surface area contributed by atoms with Gasteiger partial charge in [-0.2, -0.15) is 22.8 Å². The van der Waals surface area contributed by atoms with E-state index in [4.69, 9.17) is 5.26 Å². The van der Waals surface area contributed by atoms with Crippen LogP contribution in [0.25, 0.3) is 0 Å². The molecule has 1 aliphatic rings. The average Bonchev–Trinajstić information content (AvgIpc) is 2.47. The molecular weight excluding hydrogens is 282 g/mol. The van der Waals surface area contributed by atoms with Gasteiger partial charge >= 0.3 is 6.18 Å². The maximum absolute atomic E-state index is 12.9. The van der Waals surface area contributed by atoms with Crippen LogP contribution in [0.15, 0.2) is 36.2 Å². The summed E-state index contributed by atoms with van der Waals surface area (Å²) in [5.41, 5.74) is 0.255. The highest BCUT2D eigenvalue weighted by molar-refractivity contribution is 5.27. The van der Waals surface area contributed by atoms with Crippen molar-refractivity contribution >= 4 is 0 Å². The van der Waals surface area contributed by atoms with Crippen LogP contribution in [-0.4, -0.2) is 0 Å². The van der Waals surface area contributed by atoms with Gasteiger partial charge in [0.2, 0.25) is 0 Å². The van der Waals surface area contributed by atoms with Crippen molar-refractivity contribution in [3.8, 4) is 6.07 Å². The molecule has 1 saturated carbocycles. The monoisotopic (exact) mass is 297 g/mol. The summed E-state index contributed by atoms with van der Waals surface area (Å²) in [6, 6.07) is 6.73. The Morgan fingerprint density at radius 3 is 2.14 bits per heavy atom. The lowest BCUT2D eigenvalue weighted by molar-refractivity contribution is -0.137. The van der Waals surface area contributed by atoms with E-state index in [0.717, 1.165) is 43.4 Å². The number of halogens is 4. The molecule has 5 heteroatoms. The summed E-state index contributed by atoms with van der Waals surface area (Å²) in [5.74, 6) is -0.495. The van der Waals surface area contributed by atoms with Crippen LogP contribution < -0.4 is 0 Å². The molecule has 112 valence electrons. The smallest absolute Gasteiger partial charge is 0.195 e. The van der Waals surface area contributed by atoms with Gasteiger partial charge in [0.05, 0.1) is 5.56 Å². The predicted molar refractivity (Wildman–Crippen MR) is 70.9 cm³/mol. The molecule has 2 rings (SSSR count). The zero-order valence-corrected chi connectivity index (χ0v) is 11.3. The zero-order chi connectivity index (χ0) is 15.5. The first-order valence-corrected chi connectivity index (χ1v) is 6.84. The molecule has 0 bridgehead atoms. The molecule has 0 saturated heterocycles. The Bertz CT molecular complexity index is 543. The van der Waals surface area contributed by atoms with E-state index < -0.39 is 17.6 Å². The van der Waals surface area contributed by atoms with Crippen molar-refractivity contribution in [3.63, 3.8) is 0 Å². The summed E-state index contributed by atoms with van der Waals surface area (Å²) >= 11 is 0. The summed E-state index contributed by atoms with van der Waals surface area (Å²) < 4.78 is 50.4. The molecule has 0 N–H and O–H groups in total. The maximum atomic E-state index is 12.9. The van der Waals surface area contributed by atoms with E-state index in [9.17, 15) is 17.6 Å².